The standard InChI is InChI=1S/C14H24N2O/c1-2-15-11-13-7-9-16(12-13)8-3-5-14-6-4-10-17-14/h7,9,12,14-15H,2-6,8,10-11H2,1H3. The lowest BCUT2D eigenvalue weighted by Gasteiger charge is -2.09. The number of ether oxygens (including phenoxy) is 1. The van der Waals surface area contributed by atoms with E-state index in [4.69, 9.17) is 4.74 Å². The fourth-order valence-electron chi connectivity index (χ4n) is 2.38. The van der Waals surface area contributed by atoms with Crippen LogP contribution in [0.2, 0.25) is 0 Å². The number of nitrogens with one attached hydrogen (secondary N) is 1. The highest BCUT2D eigenvalue weighted by molar-refractivity contribution is 5.09. The van der Waals surface area contributed by atoms with Crippen molar-refractivity contribution in [2.45, 2.75) is 51.8 Å². The van der Waals surface area contributed by atoms with Crippen LogP contribution in [0.5, 0.6) is 0 Å². The van der Waals surface area contributed by atoms with Gasteiger partial charge in [-0.15, -0.1) is 0 Å². The molecule has 2 heterocycles. The van der Waals surface area contributed by atoms with Gasteiger partial charge < -0.3 is 14.6 Å². The van der Waals surface area contributed by atoms with Gasteiger partial charge in [0.15, 0.2) is 0 Å². The van der Waals surface area contributed by atoms with E-state index < -0.39 is 0 Å². The highest BCUT2D eigenvalue weighted by Gasteiger charge is 2.14. The Morgan fingerprint density at radius 1 is 1.53 bits per heavy atom. The van der Waals surface area contributed by atoms with Crippen molar-refractivity contribution in [3.05, 3.63) is 24.0 Å². The zero-order valence-corrected chi connectivity index (χ0v) is 10.8. The molecule has 0 amide bonds. The fourth-order valence-corrected chi connectivity index (χ4v) is 2.38. The molecule has 1 aliphatic heterocycles. The van der Waals surface area contributed by atoms with Crippen molar-refractivity contribution < 1.29 is 4.74 Å². The molecule has 1 N–H and O–H groups in total. The lowest BCUT2D eigenvalue weighted by Crippen LogP contribution is -2.11. The van der Waals surface area contributed by atoms with E-state index in [0.717, 1.165) is 26.2 Å². The number of rotatable bonds is 7. The Balaban J connectivity index is 1.65. The van der Waals surface area contributed by atoms with E-state index in [1.807, 2.05) is 0 Å². The third-order valence-electron chi connectivity index (χ3n) is 3.36. The van der Waals surface area contributed by atoms with Gasteiger partial charge in [-0.1, -0.05) is 6.92 Å². The molecule has 96 valence electrons. The Morgan fingerprint density at radius 3 is 3.24 bits per heavy atom. The first-order valence-corrected chi connectivity index (χ1v) is 6.85. The topological polar surface area (TPSA) is 26.2 Å². The van der Waals surface area contributed by atoms with Gasteiger partial charge in [0.2, 0.25) is 0 Å². The van der Waals surface area contributed by atoms with E-state index in [2.05, 4.69) is 35.3 Å². The Bertz CT molecular complexity index is 316. The van der Waals surface area contributed by atoms with Crippen LogP contribution in [-0.4, -0.2) is 23.8 Å². The third-order valence-corrected chi connectivity index (χ3v) is 3.36. The number of hydrogen-bond donors (Lipinski definition) is 1. The Kier molecular flexibility index (Phi) is 5.08. The van der Waals surface area contributed by atoms with Crippen LogP contribution in [0, 0.1) is 0 Å². The lowest BCUT2D eigenvalue weighted by molar-refractivity contribution is 0.101. The largest absolute Gasteiger partial charge is 0.378 e. The molecule has 3 nitrogen and oxygen atoms in total. The van der Waals surface area contributed by atoms with Crippen LogP contribution in [0.25, 0.3) is 0 Å². The van der Waals surface area contributed by atoms with Gasteiger partial charge in [-0.2, -0.15) is 0 Å². The van der Waals surface area contributed by atoms with Crippen molar-refractivity contribution in [1.29, 1.82) is 0 Å². The summed E-state index contributed by atoms with van der Waals surface area (Å²) in [5, 5.41) is 3.35. The summed E-state index contributed by atoms with van der Waals surface area (Å²) in [5.74, 6) is 0. The molecule has 1 saturated heterocycles. The summed E-state index contributed by atoms with van der Waals surface area (Å²) in [6.07, 6.45) is 9.91. The van der Waals surface area contributed by atoms with Crippen LogP contribution in [0.15, 0.2) is 18.5 Å². The average Bonchev–Trinajstić information content (AvgIpc) is 2.98. The van der Waals surface area contributed by atoms with Gasteiger partial charge in [-0.05, 0) is 43.9 Å². The van der Waals surface area contributed by atoms with Crippen LogP contribution >= 0.6 is 0 Å². The number of aromatic nitrogens is 1. The van der Waals surface area contributed by atoms with E-state index in [-0.39, 0.29) is 0 Å². The van der Waals surface area contributed by atoms with Gasteiger partial charge in [-0.25, -0.2) is 0 Å². The zero-order chi connectivity index (χ0) is 11.9. The second-order valence-electron chi connectivity index (χ2n) is 4.82. The summed E-state index contributed by atoms with van der Waals surface area (Å²) >= 11 is 0. The molecular formula is C14H24N2O. The first-order chi connectivity index (χ1) is 8.38. The van der Waals surface area contributed by atoms with Gasteiger partial charge in [0.25, 0.3) is 0 Å². The summed E-state index contributed by atoms with van der Waals surface area (Å²) in [5.41, 5.74) is 1.38. The van der Waals surface area contributed by atoms with E-state index in [9.17, 15) is 0 Å². The van der Waals surface area contributed by atoms with Crippen LogP contribution in [0.4, 0.5) is 0 Å². The van der Waals surface area contributed by atoms with Crippen LogP contribution in [0.3, 0.4) is 0 Å². The van der Waals surface area contributed by atoms with Crippen molar-refractivity contribution >= 4 is 0 Å². The minimum absolute atomic E-state index is 0.534. The molecule has 1 atom stereocenters. The van der Waals surface area contributed by atoms with E-state index in [0.29, 0.717) is 6.10 Å². The van der Waals surface area contributed by atoms with Crippen molar-refractivity contribution in [2.75, 3.05) is 13.2 Å². The van der Waals surface area contributed by atoms with Gasteiger partial charge in [0.05, 0.1) is 6.10 Å². The summed E-state index contributed by atoms with van der Waals surface area (Å²) in [7, 11) is 0. The first-order valence-electron chi connectivity index (χ1n) is 6.85. The molecule has 1 aromatic rings. The van der Waals surface area contributed by atoms with Crippen molar-refractivity contribution in [2.24, 2.45) is 0 Å². The monoisotopic (exact) mass is 236 g/mol. The maximum atomic E-state index is 5.63. The van der Waals surface area contributed by atoms with Crippen LogP contribution in [0.1, 0.15) is 38.2 Å². The maximum absolute atomic E-state index is 5.63. The molecule has 0 aromatic carbocycles. The van der Waals surface area contributed by atoms with Crippen molar-refractivity contribution in [3.63, 3.8) is 0 Å². The fraction of sp³-hybridized carbons (Fsp3) is 0.714. The van der Waals surface area contributed by atoms with Crippen LogP contribution < -0.4 is 5.32 Å². The summed E-state index contributed by atoms with van der Waals surface area (Å²) in [6, 6.07) is 2.20. The Hall–Kier alpha value is -0.800. The first kappa shape index (κ1) is 12.7. The summed E-state index contributed by atoms with van der Waals surface area (Å²) in [4.78, 5) is 0. The molecule has 0 radical (unpaired) electrons. The molecule has 1 aliphatic rings. The number of nitrogens with zero attached hydrogens (tertiary/aromatic N) is 1. The molecule has 0 saturated carbocycles. The highest BCUT2D eigenvalue weighted by Crippen LogP contribution is 2.17. The molecule has 3 heteroatoms. The molecule has 17 heavy (non-hydrogen) atoms. The van der Waals surface area contributed by atoms with Gasteiger partial charge in [-0.3, -0.25) is 0 Å². The number of hydrogen-bond acceptors (Lipinski definition) is 2. The molecule has 1 fully saturated rings. The van der Waals surface area contributed by atoms with Gasteiger partial charge >= 0.3 is 0 Å². The molecule has 2 rings (SSSR count). The minimum atomic E-state index is 0.534. The van der Waals surface area contributed by atoms with Crippen molar-refractivity contribution in [3.8, 4) is 0 Å². The molecule has 0 aliphatic carbocycles. The smallest absolute Gasteiger partial charge is 0.0576 e. The summed E-state index contributed by atoms with van der Waals surface area (Å²) < 4.78 is 7.92. The third kappa shape index (κ3) is 4.17. The normalized spacial score (nSPS) is 19.9. The second kappa shape index (κ2) is 6.82. The Morgan fingerprint density at radius 2 is 2.47 bits per heavy atom. The quantitative estimate of drug-likeness (QED) is 0.787. The van der Waals surface area contributed by atoms with Gasteiger partial charge in [0.1, 0.15) is 0 Å². The van der Waals surface area contributed by atoms with Gasteiger partial charge in [0, 0.05) is 32.1 Å². The molecule has 0 spiro atoms. The van der Waals surface area contributed by atoms with Crippen LogP contribution in [-0.2, 0) is 17.8 Å². The van der Waals surface area contributed by atoms with E-state index >= 15 is 0 Å². The van der Waals surface area contributed by atoms with Crippen molar-refractivity contribution in [1.82, 2.24) is 9.88 Å². The van der Waals surface area contributed by atoms with E-state index in [1.165, 1.54) is 31.2 Å². The molecule has 0 bridgehead atoms. The highest BCUT2D eigenvalue weighted by atomic mass is 16.5. The predicted octanol–water partition coefficient (Wildman–Crippen LogP) is 2.56. The second-order valence-corrected chi connectivity index (χ2v) is 4.82. The average molecular weight is 236 g/mol. The number of aryl methyl sites for hydroxylation is 1. The zero-order valence-electron chi connectivity index (χ0n) is 10.8. The maximum Gasteiger partial charge on any atom is 0.0576 e. The van der Waals surface area contributed by atoms with E-state index in [1.54, 1.807) is 0 Å². The molecule has 1 aromatic heterocycles. The SMILES string of the molecule is CCNCc1ccn(CCCC2CCCO2)c1. The lowest BCUT2D eigenvalue weighted by atomic mass is 10.1. The molecular weight excluding hydrogens is 212 g/mol. The summed E-state index contributed by atoms with van der Waals surface area (Å²) in [6.45, 7) is 6.24. The Labute approximate surface area is 104 Å². The predicted molar refractivity (Wildman–Crippen MR) is 70.0 cm³/mol. The molecule has 1 unspecified atom stereocenters. The minimum Gasteiger partial charge on any atom is -0.378 e.